The summed E-state index contributed by atoms with van der Waals surface area (Å²) in [5.41, 5.74) is 0.104. The van der Waals surface area contributed by atoms with Crippen LogP contribution >= 0.6 is 15.9 Å². The summed E-state index contributed by atoms with van der Waals surface area (Å²) in [5, 5.41) is 20.5. The van der Waals surface area contributed by atoms with Crippen LogP contribution in [0, 0.1) is 15.9 Å². The van der Waals surface area contributed by atoms with Crippen molar-refractivity contribution in [3.8, 4) is 11.5 Å². The van der Waals surface area contributed by atoms with Gasteiger partial charge in [-0.2, -0.15) is 0 Å². The van der Waals surface area contributed by atoms with Gasteiger partial charge in [-0.15, -0.1) is 0 Å². The zero-order valence-electron chi connectivity index (χ0n) is 10.9. The molecule has 7 heteroatoms. The molecule has 0 aliphatic heterocycles. The minimum atomic E-state index is -0.831. The van der Waals surface area contributed by atoms with Gasteiger partial charge in [0.1, 0.15) is 11.6 Å². The number of aliphatic hydroxyl groups excluding tert-OH is 1. The van der Waals surface area contributed by atoms with Crippen LogP contribution in [0.5, 0.6) is 11.5 Å². The number of nitrogens with zero attached hydrogens (tertiary/aromatic N) is 1. The second-order valence-corrected chi connectivity index (χ2v) is 5.19. The van der Waals surface area contributed by atoms with Crippen molar-refractivity contribution >= 4 is 21.6 Å². The average Bonchev–Trinajstić information content (AvgIpc) is 2.43. The summed E-state index contributed by atoms with van der Waals surface area (Å²) in [7, 11) is 0. The maximum atomic E-state index is 13.4. The molecule has 2 aromatic rings. The van der Waals surface area contributed by atoms with Crippen molar-refractivity contribution in [2.75, 3.05) is 0 Å². The SMILES string of the molecule is C[C@@H](O)c1ccc(Oc2ccc(Br)c(F)c2)c([N+](=O)[O-])c1. The number of halogens is 2. The quantitative estimate of drug-likeness (QED) is 0.653. The van der Waals surface area contributed by atoms with E-state index in [2.05, 4.69) is 15.9 Å². The summed E-state index contributed by atoms with van der Waals surface area (Å²) in [4.78, 5) is 10.5. The first-order chi connectivity index (χ1) is 9.88. The van der Waals surface area contributed by atoms with E-state index in [4.69, 9.17) is 4.74 Å². The van der Waals surface area contributed by atoms with Crippen molar-refractivity contribution in [3.63, 3.8) is 0 Å². The van der Waals surface area contributed by atoms with Crippen LogP contribution in [-0.4, -0.2) is 10.0 Å². The second kappa shape index (κ2) is 6.19. The standard InChI is InChI=1S/C14H11BrFNO4/c1-8(18)9-2-5-14(13(6-9)17(19)20)21-10-3-4-11(15)12(16)7-10/h2-8,18H,1H3/t8-/m1/s1. The Balaban J connectivity index is 2.39. The van der Waals surface area contributed by atoms with Crippen LogP contribution < -0.4 is 4.74 Å². The third-order valence-corrected chi connectivity index (χ3v) is 3.42. The molecule has 0 radical (unpaired) electrons. The first-order valence-corrected chi connectivity index (χ1v) is 6.77. The molecular formula is C14H11BrFNO4. The largest absolute Gasteiger partial charge is 0.450 e. The molecule has 0 bridgehead atoms. The Morgan fingerprint density at radius 2 is 2.05 bits per heavy atom. The number of benzene rings is 2. The Kier molecular flexibility index (Phi) is 4.54. The van der Waals surface area contributed by atoms with Gasteiger partial charge < -0.3 is 9.84 Å². The van der Waals surface area contributed by atoms with E-state index in [9.17, 15) is 19.6 Å². The maximum absolute atomic E-state index is 13.4. The lowest BCUT2D eigenvalue weighted by Crippen LogP contribution is -1.97. The van der Waals surface area contributed by atoms with Crippen LogP contribution in [-0.2, 0) is 0 Å². The highest BCUT2D eigenvalue weighted by Crippen LogP contribution is 2.34. The molecule has 0 heterocycles. The molecule has 0 aromatic heterocycles. The summed E-state index contributed by atoms with van der Waals surface area (Å²) in [6.45, 7) is 1.50. The number of hydrogen-bond donors (Lipinski definition) is 1. The lowest BCUT2D eigenvalue weighted by molar-refractivity contribution is -0.385. The van der Waals surface area contributed by atoms with Crippen LogP contribution in [0.15, 0.2) is 40.9 Å². The van der Waals surface area contributed by atoms with Gasteiger partial charge in [-0.1, -0.05) is 6.07 Å². The molecule has 0 unspecified atom stereocenters. The zero-order chi connectivity index (χ0) is 15.6. The number of ether oxygens (including phenoxy) is 1. The third-order valence-electron chi connectivity index (χ3n) is 2.78. The normalized spacial score (nSPS) is 12.0. The molecule has 2 rings (SSSR count). The molecule has 110 valence electrons. The molecule has 0 aliphatic carbocycles. The first kappa shape index (κ1) is 15.4. The fourth-order valence-corrected chi connectivity index (χ4v) is 1.94. The first-order valence-electron chi connectivity index (χ1n) is 5.98. The summed E-state index contributed by atoms with van der Waals surface area (Å²) in [6, 6.07) is 8.17. The van der Waals surface area contributed by atoms with Gasteiger partial charge >= 0.3 is 5.69 Å². The highest BCUT2D eigenvalue weighted by atomic mass is 79.9. The molecule has 0 amide bonds. The molecular weight excluding hydrogens is 345 g/mol. The topological polar surface area (TPSA) is 72.6 Å². The van der Waals surface area contributed by atoms with Gasteiger partial charge in [0.15, 0.2) is 0 Å². The molecule has 0 spiro atoms. The van der Waals surface area contributed by atoms with Gasteiger partial charge in [-0.3, -0.25) is 10.1 Å². The van der Waals surface area contributed by atoms with E-state index in [0.29, 0.717) is 5.56 Å². The molecule has 1 atom stereocenters. The molecule has 0 saturated heterocycles. The Morgan fingerprint density at radius 3 is 2.62 bits per heavy atom. The maximum Gasteiger partial charge on any atom is 0.311 e. The van der Waals surface area contributed by atoms with E-state index >= 15 is 0 Å². The summed E-state index contributed by atoms with van der Waals surface area (Å²) in [5.74, 6) is -0.412. The Labute approximate surface area is 128 Å². The molecule has 0 aliphatic rings. The fourth-order valence-electron chi connectivity index (χ4n) is 1.69. The summed E-state index contributed by atoms with van der Waals surface area (Å²) >= 11 is 3.01. The zero-order valence-corrected chi connectivity index (χ0v) is 12.5. The van der Waals surface area contributed by atoms with Crippen LogP contribution in [0.2, 0.25) is 0 Å². The molecule has 21 heavy (non-hydrogen) atoms. The van der Waals surface area contributed by atoms with E-state index in [0.717, 1.165) is 6.07 Å². The molecule has 2 aromatic carbocycles. The van der Waals surface area contributed by atoms with Gasteiger partial charge in [0.25, 0.3) is 0 Å². The van der Waals surface area contributed by atoms with E-state index in [1.54, 1.807) is 0 Å². The lowest BCUT2D eigenvalue weighted by Gasteiger charge is -2.09. The number of aliphatic hydroxyl groups is 1. The average molecular weight is 356 g/mol. The van der Waals surface area contributed by atoms with Gasteiger partial charge in [0, 0.05) is 12.1 Å². The highest BCUT2D eigenvalue weighted by molar-refractivity contribution is 9.10. The van der Waals surface area contributed by atoms with E-state index in [1.807, 2.05) is 0 Å². The van der Waals surface area contributed by atoms with Crippen molar-refractivity contribution in [3.05, 3.63) is 62.4 Å². The van der Waals surface area contributed by atoms with Crippen LogP contribution in [0.3, 0.4) is 0 Å². The van der Waals surface area contributed by atoms with Crippen LogP contribution in [0.1, 0.15) is 18.6 Å². The van der Waals surface area contributed by atoms with Crippen molar-refractivity contribution in [2.45, 2.75) is 13.0 Å². The Bertz CT molecular complexity index is 691. The predicted octanol–water partition coefficient (Wildman–Crippen LogP) is 4.34. The smallest absolute Gasteiger partial charge is 0.311 e. The lowest BCUT2D eigenvalue weighted by atomic mass is 10.1. The van der Waals surface area contributed by atoms with E-state index in [-0.39, 0.29) is 21.7 Å². The van der Waals surface area contributed by atoms with Crippen LogP contribution in [0.4, 0.5) is 10.1 Å². The Hall–Kier alpha value is -1.99. The highest BCUT2D eigenvalue weighted by Gasteiger charge is 2.18. The summed E-state index contributed by atoms with van der Waals surface area (Å²) < 4.78 is 19.0. The van der Waals surface area contributed by atoms with Crippen LogP contribution in [0.25, 0.3) is 0 Å². The van der Waals surface area contributed by atoms with E-state index < -0.39 is 16.8 Å². The minimum Gasteiger partial charge on any atom is -0.450 e. The van der Waals surface area contributed by atoms with Crippen molar-refractivity contribution < 1.29 is 19.2 Å². The Morgan fingerprint density at radius 1 is 1.33 bits per heavy atom. The van der Waals surface area contributed by atoms with Crippen molar-refractivity contribution in [1.82, 2.24) is 0 Å². The van der Waals surface area contributed by atoms with E-state index in [1.165, 1.54) is 37.3 Å². The number of rotatable bonds is 4. The third kappa shape index (κ3) is 3.56. The van der Waals surface area contributed by atoms with Crippen molar-refractivity contribution in [2.24, 2.45) is 0 Å². The molecule has 5 nitrogen and oxygen atoms in total. The monoisotopic (exact) mass is 355 g/mol. The van der Waals surface area contributed by atoms with Gasteiger partial charge in [0.2, 0.25) is 5.75 Å². The van der Waals surface area contributed by atoms with Gasteiger partial charge in [-0.25, -0.2) is 4.39 Å². The second-order valence-electron chi connectivity index (χ2n) is 4.34. The predicted molar refractivity (Wildman–Crippen MR) is 77.9 cm³/mol. The molecule has 0 saturated carbocycles. The van der Waals surface area contributed by atoms with Gasteiger partial charge in [0.05, 0.1) is 15.5 Å². The number of hydrogen-bond acceptors (Lipinski definition) is 4. The number of nitro benzene ring substituents is 1. The molecule has 0 fully saturated rings. The summed E-state index contributed by atoms with van der Waals surface area (Å²) in [6.07, 6.45) is -0.831. The minimum absolute atomic E-state index is 0.0221. The van der Waals surface area contributed by atoms with Crippen molar-refractivity contribution in [1.29, 1.82) is 0 Å². The number of nitro groups is 1. The van der Waals surface area contributed by atoms with Gasteiger partial charge in [-0.05, 0) is 46.6 Å². The molecule has 1 N–H and O–H groups in total. The fraction of sp³-hybridized carbons (Fsp3) is 0.143.